The molecule has 2 aliphatic heterocycles. The van der Waals surface area contributed by atoms with E-state index in [9.17, 15) is 0 Å². The smallest absolute Gasteiger partial charge is 0.0673 e. The molecular formula is C14H26N2O. The van der Waals surface area contributed by atoms with Gasteiger partial charge in [0.25, 0.3) is 0 Å². The molecule has 1 saturated heterocycles. The lowest BCUT2D eigenvalue weighted by Crippen LogP contribution is -2.42. The van der Waals surface area contributed by atoms with Crippen LogP contribution in [-0.4, -0.2) is 50.8 Å². The van der Waals surface area contributed by atoms with Gasteiger partial charge in [-0.15, -0.1) is 0 Å². The van der Waals surface area contributed by atoms with Crippen molar-refractivity contribution in [3.8, 4) is 0 Å². The SMILES string of the molecule is COCC1=CCN(CC2CCCCCN2)CC1. The zero-order valence-corrected chi connectivity index (χ0v) is 11.1. The third-order valence-electron chi connectivity index (χ3n) is 3.86. The Morgan fingerprint density at radius 3 is 3.12 bits per heavy atom. The van der Waals surface area contributed by atoms with Crippen LogP contribution < -0.4 is 5.32 Å². The minimum atomic E-state index is 0.717. The van der Waals surface area contributed by atoms with Gasteiger partial charge in [0.05, 0.1) is 6.61 Å². The Labute approximate surface area is 105 Å². The molecule has 0 radical (unpaired) electrons. The van der Waals surface area contributed by atoms with Crippen molar-refractivity contribution in [3.63, 3.8) is 0 Å². The van der Waals surface area contributed by atoms with Crippen LogP contribution in [0.5, 0.6) is 0 Å². The van der Waals surface area contributed by atoms with Gasteiger partial charge < -0.3 is 10.1 Å². The van der Waals surface area contributed by atoms with E-state index in [0.717, 1.165) is 19.2 Å². The molecule has 1 fully saturated rings. The lowest BCUT2D eigenvalue weighted by molar-refractivity contribution is 0.206. The van der Waals surface area contributed by atoms with Crippen molar-refractivity contribution in [2.75, 3.05) is 39.9 Å². The van der Waals surface area contributed by atoms with Crippen LogP contribution >= 0.6 is 0 Å². The molecule has 0 aromatic heterocycles. The van der Waals surface area contributed by atoms with Crippen molar-refractivity contribution in [1.82, 2.24) is 10.2 Å². The first-order chi connectivity index (χ1) is 8.38. The number of hydrogen-bond donors (Lipinski definition) is 1. The molecule has 98 valence electrons. The summed E-state index contributed by atoms with van der Waals surface area (Å²) in [6.07, 6.45) is 9.04. The van der Waals surface area contributed by atoms with Gasteiger partial charge in [-0.1, -0.05) is 18.9 Å². The Hall–Kier alpha value is -0.380. The molecule has 0 amide bonds. The molecule has 1 N–H and O–H groups in total. The van der Waals surface area contributed by atoms with Crippen LogP contribution in [0.3, 0.4) is 0 Å². The van der Waals surface area contributed by atoms with E-state index in [1.165, 1.54) is 57.3 Å². The molecule has 1 atom stereocenters. The molecular weight excluding hydrogens is 212 g/mol. The van der Waals surface area contributed by atoms with Gasteiger partial charge in [-0.2, -0.15) is 0 Å². The lowest BCUT2D eigenvalue weighted by Gasteiger charge is -2.30. The highest BCUT2D eigenvalue weighted by molar-refractivity contribution is 5.07. The lowest BCUT2D eigenvalue weighted by atomic mass is 10.1. The van der Waals surface area contributed by atoms with E-state index in [1.54, 1.807) is 7.11 Å². The maximum Gasteiger partial charge on any atom is 0.0673 e. The molecule has 1 unspecified atom stereocenters. The summed E-state index contributed by atoms with van der Waals surface area (Å²) in [6, 6.07) is 0.717. The molecule has 3 heteroatoms. The Kier molecular flexibility index (Phi) is 5.49. The van der Waals surface area contributed by atoms with Crippen LogP contribution in [0.2, 0.25) is 0 Å². The van der Waals surface area contributed by atoms with Crippen molar-refractivity contribution in [2.45, 2.75) is 38.1 Å². The summed E-state index contributed by atoms with van der Waals surface area (Å²) in [6.45, 7) is 5.56. The maximum atomic E-state index is 5.18. The first-order valence-electron chi connectivity index (χ1n) is 7.01. The molecule has 3 nitrogen and oxygen atoms in total. The number of methoxy groups -OCH3 is 1. The Bertz CT molecular complexity index is 245. The largest absolute Gasteiger partial charge is 0.380 e. The molecule has 2 rings (SSSR count). The van der Waals surface area contributed by atoms with Crippen molar-refractivity contribution in [1.29, 1.82) is 0 Å². The van der Waals surface area contributed by atoms with Crippen molar-refractivity contribution < 1.29 is 4.74 Å². The highest BCUT2D eigenvalue weighted by Crippen LogP contribution is 2.14. The first-order valence-corrected chi connectivity index (χ1v) is 7.01. The van der Waals surface area contributed by atoms with Gasteiger partial charge in [0.15, 0.2) is 0 Å². The topological polar surface area (TPSA) is 24.5 Å². The van der Waals surface area contributed by atoms with Crippen molar-refractivity contribution in [3.05, 3.63) is 11.6 Å². The zero-order chi connectivity index (χ0) is 11.9. The predicted octanol–water partition coefficient (Wildman–Crippen LogP) is 1.80. The first kappa shape index (κ1) is 13.1. The zero-order valence-electron chi connectivity index (χ0n) is 11.1. The summed E-state index contributed by atoms with van der Waals surface area (Å²) in [4.78, 5) is 2.57. The average molecular weight is 238 g/mol. The molecule has 0 aliphatic carbocycles. The van der Waals surface area contributed by atoms with Crippen LogP contribution in [0.1, 0.15) is 32.1 Å². The van der Waals surface area contributed by atoms with E-state index in [-0.39, 0.29) is 0 Å². The predicted molar refractivity (Wildman–Crippen MR) is 71.3 cm³/mol. The number of rotatable bonds is 4. The standard InChI is InChI=1S/C14H26N2O/c1-17-12-13-6-9-16(10-7-13)11-14-5-3-2-4-8-15-14/h6,14-15H,2-5,7-12H2,1H3. The summed E-state index contributed by atoms with van der Waals surface area (Å²) < 4.78 is 5.18. The normalized spacial score (nSPS) is 27.6. The average Bonchev–Trinajstić information content (AvgIpc) is 2.61. The Morgan fingerprint density at radius 2 is 2.35 bits per heavy atom. The third-order valence-corrected chi connectivity index (χ3v) is 3.86. The fourth-order valence-electron chi connectivity index (χ4n) is 2.80. The van der Waals surface area contributed by atoms with E-state index in [4.69, 9.17) is 4.74 Å². The monoisotopic (exact) mass is 238 g/mol. The highest BCUT2D eigenvalue weighted by atomic mass is 16.5. The van der Waals surface area contributed by atoms with Gasteiger partial charge in [0.1, 0.15) is 0 Å². The van der Waals surface area contributed by atoms with Crippen molar-refractivity contribution >= 4 is 0 Å². The quantitative estimate of drug-likeness (QED) is 0.756. The van der Waals surface area contributed by atoms with Gasteiger partial charge in [-0.3, -0.25) is 4.90 Å². The number of ether oxygens (including phenoxy) is 1. The van der Waals surface area contributed by atoms with Crippen LogP contribution in [0.25, 0.3) is 0 Å². The highest BCUT2D eigenvalue weighted by Gasteiger charge is 2.17. The van der Waals surface area contributed by atoms with E-state index >= 15 is 0 Å². The Balaban J connectivity index is 1.73. The number of hydrogen-bond acceptors (Lipinski definition) is 3. The second-order valence-corrected chi connectivity index (χ2v) is 5.31. The van der Waals surface area contributed by atoms with Gasteiger partial charge in [-0.05, 0) is 31.4 Å². The Morgan fingerprint density at radius 1 is 1.41 bits per heavy atom. The van der Waals surface area contributed by atoms with E-state index in [2.05, 4.69) is 16.3 Å². The third kappa shape index (κ3) is 4.41. The molecule has 2 heterocycles. The fraction of sp³-hybridized carbons (Fsp3) is 0.857. The number of nitrogens with one attached hydrogen (secondary N) is 1. The molecule has 17 heavy (non-hydrogen) atoms. The summed E-state index contributed by atoms with van der Waals surface area (Å²) in [7, 11) is 1.78. The minimum absolute atomic E-state index is 0.717. The summed E-state index contributed by atoms with van der Waals surface area (Å²) in [5.41, 5.74) is 1.47. The number of nitrogens with zero attached hydrogens (tertiary/aromatic N) is 1. The van der Waals surface area contributed by atoms with Gasteiger partial charge >= 0.3 is 0 Å². The summed E-state index contributed by atoms with van der Waals surface area (Å²) >= 11 is 0. The molecule has 0 aromatic rings. The van der Waals surface area contributed by atoms with E-state index in [1.807, 2.05) is 0 Å². The van der Waals surface area contributed by atoms with Gasteiger partial charge in [0.2, 0.25) is 0 Å². The molecule has 0 aromatic carbocycles. The molecule has 0 spiro atoms. The van der Waals surface area contributed by atoms with E-state index < -0.39 is 0 Å². The van der Waals surface area contributed by atoms with Crippen LogP contribution in [0.4, 0.5) is 0 Å². The maximum absolute atomic E-state index is 5.18. The summed E-state index contributed by atoms with van der Waals surface area (Å²) in [5, 5.41) is 3.68. The fourth-order valence-corrected chi connectivity index (χ4v) is 2.80. The molecule has 0 saturated carbocycles. The van der Waals surface area contributed by atoms with Crippen molar-refractivity contribution in [2.24, 2.45) is 0 Å². The van der Waals surface area contributed by atoms with Crippen LogP contribution in [0.15, 0.2) is 11.6 Å². The second-order valence-electron chi connectivity index (χ2n) is 5.31. The van der Waals surface area contributed by atoms with Crippen LogP contribution in [0, 0.1) is 0 Å². The minimum Gasteiger partial charge on any atom is -0.380 e. The second kappa shape index (κ2) is 7.14. The molecule has 2 aliphatic rings. The van der Waals surface area contributed by atoms with Crippen LogP contribution in [-0.2, 0) is 4.74 Å². The van der Waals surface area contributed by atoms with E-state index in [0.29, 0.717) is 0 Å². The summed E-state index contributed by atoms with van der Waals surface area (Å²) in [5.74, 6) is 0. The van der Waals surface area contributed by atoms with Gasteiger partial charge in [0, 0.05) is 32.8 Å². The van der Waals surface area contributed by atoms with Gasteiger partial charge in [-0.25, -0.2) is 0 Å². The molecule has 0 bridgehead atoms.